The molecule has 0 atom stereocenters. The van der Waals surface area contributed by atoms with E-state index >= 15 is 0 Å². The van der Waals surface area contributed by atoms with Crippen LogP contribution in [-0.4, -0.2) is 27.8 Å². The fraction of sp³-hybridized carbons (Fsp3) is 0.615. The van der Waals surface area contributed by atoms with Gasteiger partial charge in [0.15, 0.2) is 16.6 Å². The molecule has 0 aliphatic rings. The molecule has 6 heteroatoms. The average molecular weight is 316 g/mol. The first-order valence-electron chi connectivity index (χ1n) is 6.71. The Hall–Kier alpha value is -0.0662. The molecule has 1 rings (SSSR count). The van der Waals surface area contributed by atoms with E-state index in [1.54, 1.807) is 0 Å². The highest BCUT2D eigenvalue weighted by Crippen LogP contribution is 2.44. The summed E-state index contributed by atoms with van der Waals surface area (Å²) in [5.74, 6) is 0. The van der Waals surface area contributed by atoms with E-state index in [0.29, 0.717) is 0 Å². The number of aryl methyl sites for hydroxylation is 1. The summed E-state index contributed by atoms with van der Waals surface area (Å²) >= 11 is 0. The van der Waals surface area contributed by atoms with Gasteiger partial charge in [0.25, 0.3) is 0 Å². The zero-order valence-corrected chi connectivity index (χ0v) is 15.8. The van der Waals surface area contributed by atoms with Crippen LogP contribution < -0.4 is 0 Å². The highest BCUT2D eigenvalue weighted by atomic mass is 31.2. The van der Waals surface area contributed by atoms with E-state index in [9.17, 15) is 0 Å². The summed E-state index contributed by atoms with van der Waals surface area (Å²) < 4.78 is 12.4. The van der Waals surface area contributed by atoms with Crippen LogP contribution in [0.2, 0.25) is 39.3 Å². The van der Waals surface area contributed by atoms with Crippen LogP contribution in [0.4, 0.5) is 0 Å². The van der Waals surface area contributed by atoms with Crippen molar-refractivity contribution in [3.05, 3.63) is 30.1 Å². The molecule has 0 saturated carbocycles. The smallest absolute Gasteiger partial charge is 0.191 e. The molecule has 0 aliphatic heterocycles. The maximum absolute atomic E-state index is 6.22. The molecule has 108 valence electrons. The molecule has 0 bridgehead atoms. The minimum Gasteiger partial charge on any atom is -0.376 e. The molecule has 1 heterocycles. The quantitative estimate of drug-likeness (QED) is 0.542. The lowest BCUT2D eigenvalue weighted by atomic mass is 10.3. The molecule has 0 unspecified atom stereocenters. The van der Waals surface area contributed by atoms with Crippen LogP contribution in [0.15, 0.2) is 24.4 Å². The topological polar surface area (TPSA) is 31.4 Å². The van der Waals surface area contributed by atoms with E-state index in [4.69, 9.17) is 8.43 Å². The second-order valence-corrected chi connectivity index (χ2v) is 17.6. The summed E-state index contributed by atoms with van der Waals surface area (Å²) in [6, 6.07) is 6.04. The van der Waals surface area contributed by atoms with Crippen molar-refractivity contribution in [3.63, 3.8) is 0 Å². The van der Waals surface area contributed by atoms with Gasteiger partial charge in [-0.15, -0.1) is 0 Å². The minimum atomic E-state index is -1.55. The minimum absolute atomic E-state index is 0.777. The molecular weight excluding hydrogens is 289 g/mol. The number of hydrogen-bond acceptors (Lipinski definition) is 3. The van der Waals surface area contributed by atoms with Crippen molar-refractivity contribution < 1.29 is 8.43 Å². The maximum Gasteiger partial charge on any atom is 0.191 e. The van der Waals surface area contributed by atoms with Crippen LogP contribution in [0.25, 0.3) is 0 Å². The molecule has 19 heavy (non-hydrogen) atoms. The van der Waals surface area contributed by atoms with Gasteiger partial charge in [-0.1, -0.05) is 6.07 Å². The third kappa shape index (κ3) is 8.66. The Morgan fingerprint density at radius 3 is 2.00 bits per heavy atom. The van der Waals surface area contributed by atoms with Crippen LogP contribution in [0.3, 0.4) is 0 Å². The van der Waals surface area contributed by atoms with Gasteiger partial charge in [0.1, 0.15) is 8.38 Å². The Labute approximate surface area is 120 Å². The van der Waals surface area contributed by atoms with Gasteiger partial charge >= 0.3 is 0 Å². The molecule has 0 radical (unpaired) electrons. The monoisotopic (exact) mass is 315 g/mol. The van der Waals surface area contributed by atoms with Gasteiger partial charge in [-0.2, -0.15) is 0 Å². The van der Waals surface area contributed by atoms with Crippen molar-refractivity contribution in [1.29, 1.82) is 0 Å². The summed E-state index contributed by atoms with van der Waals surface area (Å²) in [7, 11) is -3.88. The molecule has 0 aromatic carbocycles. The third-order valence-electron chi connectivity index (χ3n) is 2.03. The fourth-order valence-electron chi connectivity index (χ4n) is 1.47. The second-order valence-electron chi connectivity index (χ2n) is 6.53. The van der Waals surface area contributed by atoms with E-state index in [1.807, 2.05) is 18.3 Å². The van der Waals surface area contributed by atoms with E-state index in [2.05, 4.69) is 50.3 Å². The van der Waals surface area contributed by atoms with Crippen molar-refractivity contribution in [2.24, 2.45) is 0 Å². The molecule has 0 N–H and O–H groups in total. The lowest BCUT2D eigenvalue weighted by Crippen LogP contribution is -2.29. The van der Waals surface area contributed by atoms with Gasteiger partial charge in [0, 0.05) is 18.1 Å². The maximum atomic E-state index is 6.22. The molecule has 1 aromatic rings. The SMILES string of the molecule is C[Si](C)(C)OP(CCc1ccccn1)O[Si](C)(C)C. The molecule has 0 aliphatic carbocycles. The molecule has 1 aromatic heterocycles. The summed E-state index contributed by atoms with van der Waals surface area (Å²) in [6.45, 7) is 13.3. The summed E-state index contributed by atoms with van der Waals surface area (Å²) in [4.78, 5) is 4.37. The number of pyridine rings is 1. The zero-order valence-electron chi connectivity index (χ0n) is 12.9. The first kappa shape index (κ1) is 17.0. The average Bonchev–Trinajstić information content (AvgIpc) is 2.23. The van der Waals surface area contributed by atoms with Gasteiger partial charge in [0.05, 0.1) is 0 Å². The number of hydrogen-bond donors (Lipinski definition) is 0. The summed E-state index contributed by atoms with van der Waals surface area (Å²) in [5, 5.41) is 0. The van der Waals surface area contributed by atoms with Gasteiger partial charge in [-0.05, 0) is 57.8 Å². The molecule has 0 fully saturated rings. The van der Waals surface area contributed by atoms with Crippen molar-refractivity contribution in [3.8, 4) is 0 Å². The Morgan fingerprint density at radius 1 is 1.00 bits per heavy atom. The van der Waals surface area contributed by atoms with Gasteiger partial charge in [-0.3, -0.25) is 4.98 Å². The molecule has 0 saturated heterocycles. The molecule has 0 spiro atoms. The van der Waals surface area contributed by atoms with Crippen molar-refractivity contribution in [2.45, 2.75) is 45.7 Å². The Bertz CT molecular complexity index is 360. The predicted octanol–water partition coefficient (Wildman–Crippen LogP) is 4.64. The second kappa shape index (κ2) is 7.09. The van der Waals surface area contributed by atoms with Crippen LogP contribution in [0, 0.1) is 0 Å². The Morgan fingerprint density at radius 2 is 1.58 bits per heavy atom. The third-order valence-corrected chi connectivity index (χ3v) is 8.63. The lowest BCUT2D eigenvalue weighted by molar-refractivity contribution is 0.487. The van der Waals surface area contributed by atoms with Gasteiger partial charge in [-0.25, -0.2) is 0 Å². The van der Waals surface area contributed by atoms with Crippen LogP contribution in [0.1, 0.15) is 5.69 Å². The van der Waals surface area contributed by atoms with Crippen LogP contribution >= 0.6 is 8.38 Å². The normalized spacial score (nSPS) is 13.0. The Balaban J connectivity index is 2.59. The number of aromatic nitrogens is 1. The predicted molar refractivity (Wildman–Crippen MR) is 88.6 cm³/mol. The number of rotatable bonds is 7. The van der Waals surface area contributed by atoms with E-state index < -0.39 is 25.0 Å². The first-order chi connectivity index (χ1) is 8.66. The molecule has 0 amide bonds. The summed E-state index contributed by atoms with van der Waals surface area (Å²) in [6.07, 6.45) is 3.72. The van der Waals surface area contributed by atoms with E-state index in [0.717, 1.165) is 18.3 Å². The molecule has 3 nitrogen and oxygen atoms in total. The Kier molecular flexibility index (Phi) is 6.34. The van der Waals surface area contributed by atoms with Crippen molar-refractivity contribution in [1.82, 2.24) is 4.98 Å². The van der Waals surface area contributed by atoms with E-state index in [1.165, 1.54) is 0 Å². The number of nitrogens with zero attached hydrogens (tertiary/aromatic N) is 1. The highest BCUT2D eigenvalue weighted by molar-refractivity contribution is 7.50. The largest absolute Gasteiger partial charge is 0.376 e. The standard InChI is InChI=1S/C13H26NO2PSi2/c1-18(2,3)15-17(16-19(4,5)6)12-10-13-9-7-8-11-14-13/h7-9,11H,10,12H2,1-6H3. The van der Waals surface area contributed by atoms with Gasteiger partial charge in [0.2, 0.25) is 0 Å². The van der Waals surface area contributed by atoms with Crippen molar-refractivity contribution >= 4 is 25.0 Å². The van der Waals surface area contributed by atoms with E-state index in [-0.39, 0.29) is 0 Å². The van der Waals surface area contributed by atoms with Gasteiger partial charge < -0.3 is 8.43 Å². The zero-order chi connectivity index (χ0) is 14.5. The first-order valence-corrected chi connectivity index (χ1v) is 14.9. The molecular formula is C13H26NO2PSi2. The van der Waals surface area contributed by atoms with Crippen LogP contribution in [0.5, 0.6) is 0 Å². The fourth-order valence-corrected chi connectivity index (χ4v) is 7.99. The lowest BCUT2D eigenvalue weighted by Gasteiger charge is -2.30. The van der Waals surface area contributed by atoms with Crippen molar-refractivity contribution in [2.75, 3.05) is 6.16 Å². The highest BCUT2D eigenvalue weighted by Gasteiger charge is 2.27. The van der Waals surface area contributed by atoms with Crippen LogP contribution in [-0.2, 0) is 14.8 Å². The summed E-state index contributed by atoms with van der Waals surface area (Å²) in [5.41, 5.74) is 1.12.